The molecule has 0 radical (unpaired) electrons. The average molecular weight is 294 g/mol. The molecule has 0 bridgehead atoms. The van der Waals surface area contributed by atoms with Crippen molar-refractivity contribution in [3.8, 4) is 0 Å². The molecule has 0 unspecified atom stereocenters. The second kappa shape index (κ2) is 4.13. The van der Waals surface area contributed by atoms with Crippen molar-refractivity contribution in [3.63, 3.8) is 0 Å². The molecule has 0 saturated carbocycles. The molecule has 1 amide bonds. The van der Waals surface area contributed by atoms with Gasteiger partial charge in [0.25, 0.3) is 0 Å². The molecule has 2 rings (SSSR count). The molecule has 2 saturated heterocycles. The van der Waals surface area contributed by atoms with Crippen molar-refractivity contribution in [1.82, 2.24) is 8.01 Å². The normalized spacial score (nSPS) is 27.2. The Balaban J connectivity index is 1.90. The Bertz CT molecular complexity index is 202. The van der Waals surface area contributed by atoms with Gasteiger partial charge in [-0.05, 0) is 19.3 Å². The molecule has 0 aliphatic carbocycles. The largest absolute Gasteiger partial charge is 0.340 e. The third-order valence-corrected chi connectivity index (χ3v) is 3.93. The van der Waals surface area contributed by atoms with Crippen LogP contribution in [-0.4, -0.2) is 39.6 Å². The molecule has 2 heterocycles. The Morgan fingerprint density at radius 2 is 1.92 bits per heavy atom. The van der Waals surface area contributed by atoms with Crippen LogP contribution in [0.2, 0.25) is 0 Å². The van der Waals surface area contributed by atoms with Gasteiger partial charge in [0.05, 0.1) is 0 Å². The molecule has 2 aliphatic heterocycles. The first-order valence-corrected chi connectivity index (χ1v) is 5.94. The summed E-state index contributed by atoms with van der Waals surface area (Å²) in [5.41, 5.74) is 0. The van der Waals surface area contributed by atoms with E-state index >= 15 is 0 Å². The number of halogens is 1. The predicted molar refractivity (Wildman–Crippen MR) is 59.6 cm³/mol. The first-order chi connectivity index (χ1) is 6.27. The molecule has 2 fully saturated rings. The molecule has 0 aromatic carbocycles. The molecule has 74 valence electrons. The first kappa shape index (κ1) is 9.71. The maximum atomic E-state index is 11.5. The minimum absolute atomic E-state index is 0.381. The van der Waals surface area contributed by atoms with Gasteiger partial charge >= 0.3 is 0 Å². The summed E-state index contributed by atoms with van der Waals surface area (Å²) in [5.74, 6) is 0.381. The van der Waals surface area contributed by atoms with Crippen LogP contribution in [0.1, 0.15) is 25.7 Å². The van der Waals surface area contributed by atoms with E-state index in [9.17, 15) is 4.79 Å². The summed E-state index contributed by atoms with van der Waals surface area (Å²) < 4.78 is 2.31. The molecular weight excluding hydrogens is 279 g/mol. The fourth-order valence-electron chi connectivity index (χ4n) is 2.20. The lowest BCUT2D eigenvalue weighted by atomic mass is 10.1. The van der Waals surface area contributed by atoms with Crippen molar-refractivity contribution in [1.29, 1.82) is 0 Å². The molecule has 3 nitrogen and oxygen atoms in total. The van der Waals surface area contributed by atoms with Crippen LogP contribution in [0.25, 0.3) is 0 Å². The summed E-state index contributed by atoms with van der Waals surface area (Å²) in [6.07, 6.45) is 4.18. The number of rotatable bonds is 1. The van der Waals surface area contributed by atoms with Crippen LogP contribution in [0, 0.1) is 0 Å². The van der Waals surface area contributed by atoms with Gasteiger partial charge in [-0.1, -0.05) is 0 Å². The quantitative estimate of drug-likeness (QED) is 0.539. The van der Waals surface area contributed by atoms with Crippen LogP contribution in [-0.2, 0) is 4.79 Å². The van der Waals surface area contributed by atoms with E-state index in [1.54, 1.807) is 0 Å². The molecule has 0 N–H and O–H groups in total. The van der Waals surface area contributed by atoms with Crippen LogP contribution in [0.4, 0.5) is 0 Å². The smallest absolute Gasteiger partial charge is 0.222 e. The highest BCUT2D eigenvalue weighted by Gasteiger charge is 2.29. The molecule has 13 heavy (non-hydrogen) atoms. The number of hydrogen-bond donors (Lipinski definition) is 0. The Labute approximate surface area is 92.9 Å². The minimum Gasteiger partial charge on any atom is -0.340 e. The molecule has 0 atom stereocenters. The van der Waals surface area contributed by atoms with E-state index in [-0.39, 0.29) is 0 Å². The summed E-state index contributed by atoms with van der Waals surface area (Å²) in [7, 11) is 0. The minimum atomic E-state index is 0.381. The lowest BCUT2D eigenvalue weighted by molar-refractivity contribution is -0.130. The van der Waals surface area contributed by atoms with Crippen LogP contribution >= 0.6 is 22.9 Å². The van der Waals surface area contributed by atoms with Crippen molar-refractivity contribution in [2.75, 3.05) is 19.6 Å². The number of amides is 1. The second-order valence-electron chi connectivity index (χ2n) is 3.83. The van der Waals surface area contributed by atoms with Crippen LogP contribution in [0.15, 0.2) is 0 Å². The molecule has 0 aromatic rings. The zero-order chi connectivity index (χ0) is 9.26. The standard InChI is InChI=1S/C9H15IN2O/c10-11-6-3-8(4-7-11)12-5-1-2-9(12)13/h8H,1-7H2. The van der Waals surface area contributed by atoms with E-state index < -0.39 is 0 Å². The third-order valence-electron chi connectivity index (χ3n) is 2.96. The van der Waals surface area contributed by atoms with Gasteiger partial charge in [-0.15, -0.1) is 0 Å². The number of piperidine rings is 1. The Hall–Kier alpha value is 0.160. The number of hydrogen-bond acceptors (Lipinski definition) is 2. The highest BCUT2D eigenvalue weighted by atomic mass is 127. The second-order valence-corrected chi connectivity index (χ2v) is 5.20. The maximum Gasteiger partial charge on any atom is 0.222 e. The van der Waals surface area contributed by atoms with E-state index in [0.717, 1.165) is 45.3 Å². The Morgan fingerprint density at radius 3 is 2.46 bits per heavy atom. The SMILES string of the molecule is O=C1CCCN1C1CCN(I)CC1. The number of nitrogens with zero attached hydrogens (tertiary/aromatic N) is 2. The van der Waals surface area contributed by atoms with Gasteiger partial charge in [0.1, 0.15) is 0 Å². The van der Waals surface area contributed by atoms with Crippen LogP contribution in [0.3, 0.4) is 0 Å². The summed E-state index contributed by atoms with van der Waals surface area (Å²) in [5, 5.41) is 0. The Morgan fingerprint density at radius 1 is 1.23 bits per heavy atom. The van der Waals surface area contributed by atoms with Gasteiger partial charge in [-0.2, -0.15) is 0 Å². The third kappa shape index (κ3) is 2.15. The summed E-state index contributed by atoms with van der Waals surface area (Å²) in [4.78, 5) is 13.6. The van der Waals surface area contributed by atoms with Gasteiger partial charge in [0.15, 0.2) is 0 Å². The van der Waals surface area contributed by atoms with Crippen molar-refractivity contribution >= 4 is 28.8 Å². The van der Waals surface area contributed by atoms with Gasteiger partial charge in [0, 0.05) is 55.0 Å². The average Bonchev–Trinajstić information content (AvgIpc) is 2.53. The molecule has 4 heteroatoms. The number of carbonyl (C=O) groups excluding carboxylic acids is 1. The summed E-state index contributed by atoms with van der Waals surface area (Å²) >= 11 is 2.37. The molecule has 2 aliphatic rings. The highest BCUT2D eigenvalue weighted by Crippen LogP contribution is 2.23. The van der Waals surface area contributed by atoms with Gasteiger partial charge in [-0.25, -0.2) is 3.11 Å². The lowest BCUT2D eigenvalue weighted by Gasteiger charge is -2.34. The molecule has 0 aromatic heterocycles. The highest BCUT2D eigenvalue weighted by molar-refractivity contribution is 14.1. The van der Waals surface area contributed by atoms with Gasteiger partial charge < -0.3 is 4.90 Å². The van der Waals surface area contributed by atoms with Crippen molar-refractivity contribution < 1.29 is 4.79 Å². The molecular formula is C9H15IN2O. The van der Waals surface area contributed by atoms with E-state index in [2.05, 4.69) is 30.9 Å². The Kier molecular flexibility index (Phi) is 3.08. The van der Waals surface area contributed by atoms with Gasteiger partial charge in [0.2, 0.25) is 5.91 Å². The van der Waals surface area contributed by atoms with Gasteiger partial charge in [-0.3, -0.25) is 4.79 Å². The first-order valence-electron chi connectivity index (χ1n) is 4.97. The number of carbonyl (C=O) groups is 1. The topological polar surface area (TPSA) is 23.6 Å². The maximum absolute atomic E-state index is 11.5. The van der Waals surface area contributed by atoms with E-state index in [1.807, 2.05) is 0 Å². The van der Waals surface area contributed by atoms with Crippen LogP contribution in [0.5, 0.6) is 0 Å². The summed E-state index contributed by atoms with van der Waals surface area (Å²) in [6.45, 7) is 3.27. The zero-order valence-corrected chi connectivity index (χ0v) is 9.87. The predicted octanol–water partition coefficient (Wildman–Crippen LogP) is 1.42. The zero-order valence-electron chi connectivity index (χ0n) is 7.71. The van der Waals surface area contributed by atoms with E-state index in [0.29, 0.717) is 11.9 Å². The van der Waals surface area contributed by atoms with Crippen LogP contribution < -0.4 is 0 Å². The van der Waals surface area contributed by atoms with Crippen molar-refractivity contribution in [3.05, 3.63) is 0 Å². The van der Waals surface area contributed by atoms with E-state index in [1.165, 1.54) is 0 Å². The molecule has 0 spiro atoms. The lowest BCUT2D eigenvalue weighted by Crippen LogP contribution is -2.42. The van der Waals surface area contributed by atoms with Crippen molar-refractivity contribution in [2.24, 2.45) is 0 Å². The van der Waals surface area contributed by atoms with E-state index in [4.69, 9.17) is 0 Å². The number of likely N-dealkylation sites (tertiary alicyclic amines) is 1. The fraction of sp³-hybridized carbons (Fsp3) is 0.889. The summed E-state index contributed by atoms with van der Waals surface area (Å²) in [6, 6.07) is 0.543. The van der Waals surface area contributed by atoms with Crippen molar-refractivity contribution in [2.45, 2.75) is 31.7 Å². The fourth-order valence-corrected chi connectivity index (χ4v) is 2.76. The monoisotopic (exact) mass is 294 g/mol.